The molecule has 0 unspecified atom stereocenters. The topological polar surface area (TPSA) is 9.23 Å². The maximum absolute atomic E-state index is 13.3. The molecule has 0 saturated carbocycles. The van der Waals surface area contributed by atoms with Gasteiger partial charge in [0.05, 0.1) is 12.2 Å². The molecule has 1 heterocycles. The highest BCUT2D eigenvalue weighted by Crippen LogP contribution is 2.33. The first-order valence-electron chi connectivity index (χ1n) is 5.18. The van der Waals surface area contributed by atoms with Crippen molar-refractivity contribution in [3.05, 3.63) is 35.1 Å². The number of ether oxygens (including phenoxy) is 1. The van der Waals surface area contributed by atoms with E-state index in [9.17, 15) is 4.39 Å². The Kier molecular flexibility index (Phi) is 3.42. The second-order valence-corrected chi connectivity index (χ2v) is 4.63. The molecule has 2 rings (SSSR count). The maximum atomic E-state index is 13.3. The van der Waals surface area contributed by atoms with Gasteiger partial charge in [0.25, 0.3) is 0 Å². The van der Waals surface area contributed by atoms with E-state index < -0.39 is 0 Å². The molecule has 1 aliphatic heterocycles. The van der Waals surface area contributed by atoms with Crippen LogP contribution in [0.1, 0.15) is 30.1 Å². The van der Waals surface area contributed by atoms with Crippen LogP contribution in [0.3, 0.4) is 0 Å². The van der Waals surface area contributed by atoms with Gasteiger partial charge in [0.15, 0.2) is 0 Å². The Morgan fingerprint density at radius 3 is 2.87 bits per heavy atom. The molecule has 3 heteroatoms. The lowest BCUT2D eigenvalue weighted by Crippen LogP contribution is -2.07. The van der Waals surface area contributed by atoms with E-state index in [1.807, 2.05) is 12.1 Å². The van der Waals surface area contributed by atoms with Gasteiger partial charge >= 0.3 is 0 Å². The summed E-state index contributed by atoms with van der Waals surface area (Å²) >= 11 is 3.40. The molecule has 0 amide bonds. The van der Waals surface area contributed by atoms with E-state index in [1.54, 1.807) is 13.0 Å². The first-order valence-corrected chi connectivity index (χ1v) is 6.30. The smallest absolute Gasteiger partial charge is 0.126 e. The second kappa shape index (κ2) is 4.62. The van der Waals surface area contributed by atoms with E-state index in [2.05, 4.69) is 15.9 Å². The van der Waals surface area contributed by atoms with Crippen molar-refractivity contribution in [1.29, 1.82) is 0 Å². The summed E-state index contributed by atoms with van der Waals surface area (Å²) in [4.78, 5) is 0. The molecular weight excluding hydrogens is 259 g/mol. The van der Waals surface area contributed by atoms with Gasteiger partial charge in [-0.05, 0) is 37.0 Å². The molecule has 0 radical (unpaired) electrons. The standard InChI is InChI=1S/C12H14BrFO/c1-8-2-3-9(6-11(8)14)12-5-4-10(7-13)15-12/h2-3,6,10,12H,4-5,7H2,1H3/t10-,12+/m1/s1. The van der Waals surface area contributed by atoms with Crippen molar-refractivity contribution >= 4 is 15.9 Å². The summed E-state index contributed by atoms with van der Waals surface area (Å²) in [6, 6.07) is 5.37. The fraction of sp³-hybridized carbons (Fsp3) is 0.500. The van der Waals surface area contributed by atoms with Crippen molar-refractivity contribution in [2.75, 3.05) is 5.33 Å². The van der Waals surface area contributed by atoms with Gasteiger partial charge < -0.3 is 4.74 Å². The molecule has 82 valence electrons. The van der Waals surface area contributed by atoms with Crippen LogP contribution in [-0.4, -0.2) is 11.4 Å². The van der Waals surface area contributed by atoms with E-state index in [-0.39, 0.29) is 18.0 Å². The van der Waals surface area contributed by atoms with Crippen molar-refractivity contribution in [2.45, 2.75) is 32.0 Å². The first-order chi connectivity index (χ1) is 7.20. The number of benzene rings is 1. The van der Waals surface area contributed by atoms with Crippen LogP contribution in [-0.2, 0) is 4.74 Å². The van der Waals surface area contributed by atoms with E-state index in [1.165, 1.54) is 0 Å². The Hall–Kier alpha value is -0.410. The molecule has 1 nitrogen and oxygen atoms in total. The second-order valence-electron chi connectivity index (χ2n) is 3.99. The van der Waals surface area contributed by atoms with Gasteiger partial charge in [0, 0.05) is 5.33 Å². The molecule has 1 aromatic rings. The van der Waals surface area contributed by atoms with E-state index in [0.717, 1.165) is 23.7 Å². The van der Waals surface area contributed by atoms with Gasteiger partial charge in [0.1, 0.15) is 5.82 Å². The summed E-state index contributed by atoms with van der Waals surface area (Å²) in [5.74, 6) is -0.140. The molecule has 1 aromatic carbocycles. The number of halogens is 2. The molecule has 15 heavy (non-hydrogen) atoms. The average molecular weight is 273 g/mol. The monoisotopic (exact) mass is 272 g/mol. The normalized spacial score (nSPS) is 25.8. The van der Waals surface area contributed by atoms with Crippen LogP contribution in [0, 0.1) is 12.7 Å². The minimum absolute atomic E-state index is 0.0719. The van der Waals surface area contributed by atoms with Crippen LogP contribution < -0.4 is 0 Å². The third kappa shape index (κ3) is 2.40. The number of rotatable bonds is 2. The average Bonchev–Trinajstić information content (AvgIpc) is 2.70. The molecule has 0 bridgehead atoms. The number of aryl methyl sites for hydroxylation is 1. The Morgan fingerprint density at radius 2 is 2.27 bits per heavy atom. The van der Waals surface area contributed by atoms with Crippen LogP contribution in [0.4, 0.5) is 4.39 Å². The summed E-state index contributed by atoms with van der Waals surface area (Å²) in [6.45, 7) is 1.77. The zero-order chi connectivity index (χ0) is 10.8. The maximum Gasteiger partial charge on any atom is 0.126 e. The fourth-order valence-electron chi connectivity index (χ4n) is 1.87. The predicted molar refractivity (Wildman–Crippen MR) is 61.8 cm³/mol. The predicted octanol–water partition coefficient (Wildman–Crippen LogP) is 3.75. The van der Waals surface area contributed by atoms with E-state index >= 15 is 0 Å². The van der Waals surface area contributed by atoms with Gasteiger partial charge in [0.2, 0.25) is 0 Å². The number of hydrogen-bond acceptors (Lipinski definition) is 1. The van der Waals surface area contributed by atoms with Gasteiger partial charge in [-0.2, -0.15) is 0 Å². The van der Waals surface area contributed by atoms with Gasteiger partial charge in [-0.15, -0.1) is 0 Å². The summed E-state index contributed by atoms with van der Waals surface area (Å²) in [5.41, 5.74) is 1.65. The molecular formula is C12H14BrFO. The molecule has 0 aliphatic carbocycles. The lowest BCUT2D eigenvalue weighted by atomic mass is 10.0. The molecule has 1 fully saturated rings. The molecule has 0 aromatic heterocycles. The molecule has 0 spiro atoms. The number of alkyl halides is 1. The summed E-state index contributed by atoms with van der Waals surface area (Å²) in [7, 11) is 0. The Labute approximate surface area is 97.8 Å². The Bertz CT molecular complexity index is 353. The van der Waals surface area contributed by atoms with Crippen LogP contribution >= 0.6 is 15.9 Å². The van der Waals surface area contributed by atoms with Gasteiger partial charge in [-0.1, -0.05) is 28.1 Å². The summed E-state index contributed by atoms with van der Waals surface area (Å²) < 4.78 is 19.1. The lowest BCUT2D eigenvalue weighted by molar-refractivity contribution is 0.0586. The Morgan fingerprint density at radius 1 is 1.47 bits per heavy atom. The fourth-order valence-corrected chi connectivity index (χ4v) is 2.35. The highest BCUT2D eigenvalue weighted by molar-refractivity contribution is 9.09. The third-order valence-corrected chi connectivity index (χ3v) is 3.57. The van der Waals surface area contributed by atoms with Crippen molar-refractivity contribution in [3.63, 3.8) is 0 Å². The van der Waals surface area contributed by atoms with Gasteiger partial charge in [-0.3, -0.25) is 0 Å². The first kappa shape index (κ1) is 11.1. The molecule has 0 N–H and O–H groups in total. The van der Waals surface area contributed by atoms with Crippen molar-refractivity contribution in [3.8, 4) is 0 Å². The Balaban J connectivity index is 2.13. The largest absolute Gasteiger partial charge is 0.369 e. The zero-order valence-electron chi connectivity index (χ0n) is 8.67. The highest BCUT2D eigenvalue weighted by atomic mass is 79.9. The van der Waals surface area contributed by atoms with Crippen LogP contribution in [0.25, 0.3) is 0 Å². The summed E-state index contributed by atoms with van der Waals surface area (Å²) in [6.07, 6.45) is 2.38. The van der Waals surface area contributed by atoms with Crippen LogP contribution in [0.15, 0.2) is 18.2 Å². The minimum atomic E-state index is -0.140. The quantitative estimate of drug-likeness (QED) is 0.746. The molecule has 1 aliphatic rings. The van der Waals surface area contributed by atoms with Crippen molar-refractivity contribution in [2.24, 2.45) is 0 Å². The van der Waals surface area contributed by atoms with Crippen LogP contribution in [0.2, 0.25) is 0 Å². The summed E-state index contributed by atoms with van der Waals surface area (Å²) in [5, 5.41) is 0.859. The number of hydrogen-bond donors (Lipinski definition) is 0. The van der Waals surface area contributed by atoms with Crippen LogP contribution in [0.5, 0.6) is 0 Å². The highest BCUT2D eigenvalue weighted by Gasteiger charge is 2.25. The van der Waals surface area contributed by atoms with Gasteiger partial charge in [-0.25, -0.2) is 4.39 Å². The van der Waals surface area contributed by atoms with Crippen molar-refractivity contribution < 1.29 is 9.13 Å². The molecule has 2 atom stereocenters. The van der Waals surface area contributed by atoms with E-state index in [4.69, 9.17) is 4.74 Å². The SMILES string of the molecule is Cc1ccc([C@@H]2CC[C@H](CBr)O2)cc1F. The third-order valence-electron chi connectivity index (χ3n) is 2.85. The lowest BCUT2D eigenvalue weighted by Gasteiger charge is -2.12. The zero-order valence-corrected chi connectivity index (χ0v) is 10.3. The van der Waals surface area contributed by atoms with Crippen molar-refractivity contribution in [1.82, 2.24) is 0 Å². The van der Waals surface area contributed by atoms with E-state index in [0.29, 0.717) is 5.56 Å². The minimum Gasteiger partial charge on any atom is -0.369 e. The molecule has 1 saturated heterocycles.